The molecule has 0 heterocycles. The average molecular weight is 278 g/mol. The lowest BCUT2D eigenvalue weighted by Crippen LogP contribution is -2.59. The van der Waals surface area contributed by atoms with Gasteiger partial charge in [-0.05, 0) is 25.7 Å². The molecule has 5 unspecified atom stereocenters. The Morgan fingerprint density at radius 3 is 2.80 bits per heavy atom. The first-order chi connectivity index (χ1) is 9.51. The number of carbonyl (C=O) groups is 3. The van der Waals surface area contributed by atoms with E-state index in [2.05, 4.69) is 0 Å². The summed E-state index contributed by atoms with van der Waals surface area (Å²) < 4.78 is 10.5. The number of Topliss-reactive ketones (excluding diaryl/α,β-unsaturated/α-hetero) is 1. The lowest BCUT2D eigenvalue weighted by molar-refractivity contribution is -0.180. The minimum absolute atomic E-state index is 0.0427. The lowest BCUT2D eigenvalue weighted by Gasteiger charge is -2.46. The molecule has 2 saturated carbocycles. The molecule has 0 aromatic carbocycles. The molecule has 0 amide bonds. The van der Waals surface area contributed by atoms with Gasteiger partial charge in [0.25, 0.3) is 0 Å². The van der Waals surface area contributed by atoms with E-state index >= 15 is 0 Å². The maximum Gasteiger partial charge on any atom is 0.310 e. The number of ketones is 1. The highest BCUT2D eigenvalue weighted by atomic mass is 16.6. The van der Waals surface area contributed by atoms with Crippen LogP contribution in [0.25, 0.3) is 0 Å². The Morgan fingerprint density at radius 1 is 1.40 bits per heavy atom. The van der Waals surface area contributed by atoms with Gasteiger partial charge in [-0.25, -0.2) is 0 Å². The first-order valence-electron chi connectivity index (χ1n) is 7.10. The van der Waals surface area contributed by atoms with Crippen LogP contribution in [0.5, 0.6) is 0 Å². The van der Waals surface area contributed by atoms with E-state index in [9.17, 15) is 14.4 Å². The molecule has 0 radical (unpaired) electrons. The summed E-state index contributed by atoms with van der Waals surface area (Å²) in [5.74, 6) is -1.93. The SMILES string of the molecule is CCOC(=O)C1C2C=CC3C1CCC3(OC(C)=O)C2=O. The molecule has 4 aliphatic carbocycles. The van der Waals surface area contributed by atoms with E-state index in [4.69, 9.17) is 9.47 Å². The fourth-order valence-corrected chi connectivity index (χ4v) is 4.21. The molecule has 0 aromatic heterocycles. The highest BCUT2D eigenvalue weighted by Crippen LogP contribution is 2.58. The van der Waals surface area contributed by atoms with Gasteiger partial charge >= 0.3 is 11.9 Å². The third-order valence-electron chi connectivity index (χ3n) is 4.83. The number of hydrogen-bond acceptors (Lipinski definition) is 5. The van der Waals surface area contributed by atoms with E-state index in [1.807, 2.05) is 6.08 Å². The minimum Gasteiger partial charge on any atom is -0.466 e. The Hall–Kier alpha value is -1.65. The number of ether oxygens (including phenoxy) is 2. The summed E-state index contributed by atoms with van der Waals surface area (Å²) in [5, 5.41) is 0. The molecule has 4 bridgehead atoms. The summed E-state index contributed by atoms with van der Waals surface area (Å²) >= 11 is 0. The summed E-state index contributed by atoms with van der Waals surface area (Å²) in [5.41, 5.74) is -1.03. The largest absolute Gasteiger partial charge is 0.466 e. The Bertz CT molecular complexity index is 508. The molecule has 0 aromatic rings. The van der Waals surface area contributed by atoms with Gasteiger partial charge in [0.2, 0.25) is 0 Å². The van der Waals surface area contributed by atoms with Crippen LogP contribution >= 0.6 is 0 Å². The molecule has 2 fully saturated rings. The standard InChI is InChI=1S/C15H18O5/c1-3-19-14(18)12-9-6-7-15(20-8(2)16)11(9)5-4-10(12)13(15)17/h4-5,9-12H,3,6-7H2,1-2H3. The van der Waals surface area contributed by atoms with Gasteiger partial charge in [-0.1, -0.05) is 12.2 Å². The monoisotopic (exact) mass is 278 g/mol. The van der Waals surface area contributed by atoms with Gasteiger partial charge in [-0.15, -0.1) is 0 Å². The van der Waals surface area contributed by atoms with Crippen LogP contribution in [0.15, 0.2) is 12.2 Å². The van der Waals surface area contributed by atoms with Crippen molar-refractivity contribution in [3.63, 3.8) is 0 Å². The summed E-state index contributed by atoms with van der Waals surface area (Å²) in [7, 11) is 0. The van der Waals surface area contributed by atoms with E-state index in [0.717, 1.165) is 0 Å². The highest BCUT2D eigenvalue weighted by molar-refractivity contribution is 5.99. The second kappa shape index (κ2) is 4.43. The Kier molecular flexibility index (Phi) is 2.96. The fourth-order valence-electron chi connectivity index (χ4n) is 4.21. The quantitative estimate of drug-likeness (QED) is 0.574. The van der Waals surface area contributed by atoms with Crippen LogP contribution in [0.2, 0.25) is 0 Å². The van der Waals surface area contributed by atoms with Crippen LogP contribution in [0.1, 0.15) is 26.7 Å². The van der Waals surface area contributed by atoms with Crippen LogP contribution in [0.3, 0.4) is 0 Å². The van der Waals surface area contributed by atoms with Crippen molar-refractivity contribution in [3.05, 3.63) is 12.2 Å². The smallest absolute Gasteiger partial charge is 0.310 e. The van der Waals surface area contributed by atoms with Crippen LogP contribution in [-0.2, 0) is 23.9 Å². The minimum atomic E-state index is -1.03. The number of allylic oxidation sites excluding steroid dienone is 1. The van der Waals surface area contributed by atoms with Crippen molar-refractivity contribution in [2.24, 2.45) is 23.7 Å². The van der Waals surface area contributed by atoms with Crippen LogP contribution < -0.4 is 0 Å². The van der Waals surface area contributed by atoms with Crippen molar-refractivity contribution in [3.8, 4) is 0 Å². The third-order valence-corrected chi connectivity index (χ3v) is 4.83. The van der Waals surface area contributed by atoms with Gasteiger partial charge in [0.15, 0.2) is 11.4 Å². The molecule has 4 rings (SSSR count). The number of hydrogen-bond donors (Lipinski definition) is 0. The summed E-state index contributed by atoms with van der Waals surface area (Å²) in [6.45, 7) is 3.39. The maximum atomic E-state index is 12.7. The van der Waals surface area contributed by atoms with Gasteiger partial charge in [0, 0.05) is 12.8 Å². The zero-order valence-electron chi connectivity index (χ0n) is 11.6. The molecule has 108 valence electrons. The van der Waals surface area contributed by atoms with Gasteiger partial charge < -0.3 is 9.47 Å². The van der Waals surface area contributed by atoms with Crippen molar-refractivity contribution >= 4 is 17.7 Å². The zero-order chi connectivity index (χ0) is 14.5. The van der Waals surface area contributed by atoms with Crippen molar-refractivity contribution in [1.82, 2.24) is 0 Å². The lowest BCUT2D eigenvalue weighted by atomic mass is 9.59. The van der Waals surface area contributed by atoms with Crippen molar-refractivity contribution in [2.75, 3.05) is 6.61 Å². The molecule has 5 atom stereocenters. The van der Waals surface area contributed by atoms with Crippen LogP contribution in [0.4, 0.5) is 0 Å². The molecular formula is C15H18O5. The Labute approximate surface area is 117 Å². The molecule has 0 N–H and O–H groups in total. The van der Waals surface area contributed by atoms with Gasteiger partial charge in [-0.3, -0.25) is 14.4 Å². The molecule has 5 nitrogen and oxygen atoms in total. The van der Waals surface area contributed by atoms with E-state index in [-0.39, 0.29) is 23.6 Å². The highest BCUT2D eigenvalue weighted by Gasteiger charge is 2.67. The molecule has 0 aliphatic heterocycles. The van der Waals surface area contributed by atoms with E-state index in [0.29, 0.717) is 19.4 Å². The first-order valence-corrected chi connectivity index (χ1v) is 7.10. The average Bonchev–Trinajstić information content (AvgIpc) is 2.72. The van der Waals surface area contributed by atoms with Crippen LogP contribution in [-0.4, -0.2) is 29.9 Å². The Morgan fingerprint density at radius 2 is 2.15 bits per heavy atom. The predicted octanol–water partition coefficient (Wildman–Crippen LogP) is 1.26. The van der Waals surface area contributed by atoms with E-state index in [1.165, 1.54) is 6.92 Å². The predicted molar refractivity (Wildman–Crippen MR) is 68.5 cm³/mol. The second-order valence-electron chi connectivity index (χ2n) is 5.76. The normalized spacial score (nSPS) is 40.8. The molecule has 4 aliphatic rings. The van der Waals surface area contributed by atoms with Gasteiger partial charge in [0.05, 0.1) is 18.4 Å². The van der Waals surface area contributed by atoms with E-state index in [1.54, 1.807) is 13.0 Å². The van der Waals surface area contributed by atoms with Gasteiger partial charge in [-0.2, -0.15) is 0 Å². The topological polar surface area (TPSA) is 69.7 Å². The van der Waals surface area contributed by atoms with Gasteiger partial charge in [0.1, 0.15) is 0 Å². The fraction of sp³-hybridized carbons (Fsp3) is 0.667. The number of rotatable bonds is 3. The maximum absolute atomic E-state index is 12.7. The number of esters is 2. The summed E-state index contributed by atoms with van der Waals surface area (Å²) in [6, 6.07) is 0. The first kappa shape index (κ1) is 13.3. The van der Waals surface area contributed by atoms with Crippen LogP contribution in [0, 0.1) is 23.7 Å². The summed E-state index contributed by atoms with van der Waals surface area (Å²) in [6.07, 6.45) is 4.96. The zero-order valence-corrected chi connectivity index (χ0v) is 11.6. The second-order valence-corrected chi connectivity index (χ2v) is 5.76. The van der Waals surface area contributed by atoms with E-state index < -0.39 is 23.4 Å². The molecule has 20 heavy (non-hydrogen) atoms. The molecular weight excluding hydrogens is 260 g/mol. The molecule has 5 heteroatoms. The molecule has 0 spiro atoms. The number of carbonyl (C=O) groups excluding carboxylic acids is 3. The third kappa shape index (κ3) is 1.58. The molecule has 0 saturated heterocycles. The van der Waals surface area contributed by atoms with Crippen molar-refractivity contribution < 1.29 is 23.9 Å². The Balaban J connectivity index is 1.96. The van der Waals surface area contributed by atoms with Crippen molar-refractivity contribution in [1.29, 1.82) is 0 Å². The summed E-state index contributed by atoms with van der Waals surface area (Å²) in [4.78, 5) is 36.2. The van der Waals surface area contributed by atoms with Crippen molar-refractivity contribution in [2.45, 2.75) is 32.3 Å².